The SMILES string of the molecule is O=C(O)[C@@H]1CCCCN1C(=O)CCCc1ccccc1. The number of amides is 1. The number of hydrogen-bond donors (Lipinski definition) is 1. The van der Waals surface area contributed by atoms with Gasteiger partial charge in [0.1, 0.15) is 6.04 Å². The van der Waals surface area contributed by atoms with E-state index in [1.165, 1.54) is 5.56 Å². The molecule has 0 aliphatic carbocycles. The van der Waals surface area contributed by atoms with Crippen LogP contribution in [0.15, 0.2) is 30.3 Å². The summed E-state index contributed by atoms with van der Waals surface area (Å²) in [6, 6.07) is 9.43. The number of carbonyl (C=O) groups excluding carboxylic acids is 1. The van der Waals surface area contributed by atoms with E-state index >= 15 is 0 Å². The topological polar surface area (TPSA) is 57.6 Å². The van der Waals surface area contributed by atoms with Crippen LogP contribution in [0.2, 0.25) is 0 Å². The van der Waals surface area contributed by atoms with Crippen molar-refractivity contribution in [1.82, 2.24) is 4.90 Å². The molecule has 4 nitrogen and oxygen atoms in total. The summed E-state index contributed by atoms with van der Waals surface area (Å²) in [6.07, 6.45) is 4.45. The Morgan fingerprint density at radius 1 is 1.20 bits per heavy atom. The normalized spacial score (nSPS) is 18.8. The quantitative estimate of drug-likeness (QED) is 0.898. The van der Waals surface area contributed by atoms with Crippen molar-refractivity contribution in [2.24, 2.45) is 0 Å². The Balaban J connectivity index is 1.83. The number of nitrogens with zero attached hydrogens (tertiary/aromatic N) is 1. The standard InChI is InChI=1S/C16H21NO3/c18-15(11-6-9-13-7-2-1-3-8-13)17-12-5-4-10-14(17)16(19)20/h1-3,7-8,14H,4-6,9-12H2,(H,19,20)/t14-/m0/s1. The molecule has 0 saturated carbocycles. The number of carbonyl (C=O) groups is 2. The van der Waals surface area contributed by atoms with Crippen LogP contribution in [0.4, 0.5) is 0 Å². The molecule has 0 unspecified atom stereocenters. The first-order chi connectivity index (χ1) is 9.68. The fraction of sp³-hybridized carbons (Fsp3) is 0.500. The Labute approximate surface area is 119 Å². The van der Waals surface area contributed by atoms with Crippen LogP contribution in [0.3, 0.4) is 0 Å². The highest BCUT2D eigenvalue weighted by Gasteiger charge is 2.31. The number of hydrogen-bond acceptors (Lipinski definition) is 2. The van der Waals surface area contributed by atoms with Crippen molar-refractivity contribution in [3.8, 4) is 0 Å². The van der Waals surface area contributed by atoms with E-state index in [0.29, 0.717) is 19.4 Å². The molecule has 1 fully saturated rings. The van der Waals surface area contributed by atoms with E-state index in [-0.39, 0.29) is 5.91 Å². The maximum absolute atomic E-state index is 12.2. The highest BCUT2D eigenvalue weighted by Crippen LogP contribution is 2.19. The molecule has 1 atom stereocenters. The summed E-state index contributed by atoms with van der Waals surface area (Å²) in [5.41, 5.74) is 1.22. The molecule has 0 aromatic heterocycles. The molecule has 0 spiro atoms. The summed E-state index contributed by atoms with van der Waals surface area (Å²) in [5.74, 6) is -0.894. The zero-order chi connectivity index (χ0) is 14.4. The molecule has 1 aliphatic heterocycles. The molecule has 1 N–H and O–H groups in total. The summed E-state index contributed by atoms with van der Waals surface area (Å²) in [6.45, 7) is 0.584. The van der Waals surface area contributed by atoms with Crippen molar-refractivity contribution in [2.45, 2.75) is 44.6 Å². The summed E-state index contributed by atoms with van der Waals surface area (Å²) < 4.78 is 0. The summed E-state index contributed by atoms with van der Waals surface area (Å²) in [7, 11) is 0. The summed E-state index contributed by atoms with van der Waals surface area (Å²) >= 11 is 0. The van der Waals surface area contributed by atoms with E-state index in [1.54, 1.807) is 4.90 Å². The first-order valence-electron chi connectivity index (χ1n) is 7.24. The van der Waals surface area contributed by atoms with Gasteiger partial charge in [0.15, 0.2) is 0 Å². The molecule has 108 valence electrons. The molecule has 1 aromatic rings. The largest absolute Gasteiger partial charge is 0.480 e. The first kappa shape index (κ1) is 14.6. The molecule has 1 heterocycles. The number of aryl methyl sites for hydroxylation is 1. The van der Waals surface area contributed by atoms with Gasteiger partial charge in [0.2, 0.25) is 5.91 Å². The van der Waals surface area contributed by atoms with Gasteiger partial charge in [0, 0.05) is 13.0 Å². The van der Waals surface area contributed by atoms with Crippen molar-refractivity contribution in [3.63, 3.8) is 0 Å². The Kier molecular flexibility index (Phi) is 5.16. The summed E-state index contributed by atoms with van der Waals surface area (Å²) in [4.78, 5) is 24.9. The third-order valence-corrected chi connectivity index (χ3v) is 3.81. The molecular weight excluding hydrogens is 254 g/mol. The second-order valence-corrected chi connectivity index (χ2v) is 5.28. The van der Waals surface area contributed by atoms with Gasteiger partial charge >= 0.3 is 5.97 Å². The maximum atomic E-state index is 12.2. The van der Waals surface area contributed by atoms with Crippen molar-refractivity contribution in [2.75, 3.05) is 6.54 Å². The van der Waals surface area contributed by atoms with E-state index in [0.717, 1.165) is 25.7 Å². The average molecular weight is 275 g/mol. The van der Waals surface area contributed by atoms with E-state index in [9.17, 15) is 9.59 Å². The van der Waals surface area contributed by atoms with E-state index in [1.807, 2.05) is 30.3 Å². The highest BCUT2D eigenvalue weighted by atomic mass is 16.4. The van der Waals surface area contributed by atoms with Gasteiger partial charge in [0.05, 0.1) is 0 Å². The second kappa shape index (κ2) is 7.08. The molecule has 2 rings (SSSR count). The third-order valence-electron chi connectivity index (χ3n) is 3.81. The molecule has 20 heavy (non-hydrogen) atoms. The van der Waals surface area contributed by atoms with Crippen LogP contribution in [0.25, 0.3) is 0 Å². The second-order valence-electron chi connectivity index (χ2n) is 5.28. The molecule has 1 aromatic carbocycles. The van der Waals surface area contributed by atoms with Crippen molar-refractivity contribution >= 4 is 11.9 Å². The lowest BCUT2D eigenvalue weighted by Gasteiger charge is -2.33. The van der Waals surface area contributed by atoms with E-state index in [2.05, 4.69) is 0 Å². The predicted octanol–water partition coefficient (Wildman–Crippen LogP) is 2.48. The Bertz CT molecular complexity index is 458. The molecule has 0 bridgehead atoms. The lowest BCUT2D eigenvalue weighted by Crippen LogP contribution is -2.47. The number of piperidine rings is 1. The van der Waals surface area contributed by atoms with Crippen molar-refractivity contribution in [1.29, 1.82) is 0 Å². The molecule has 1 amide bonds. The van der Waals surface area contributed by atoms with Gasteiger partial charge in [-0.3, -0.25) is 4.79 Å². The third kappa shape index (κ3) is 3.83. The molecule has 4 heteroatoms. The molecule has 1 aliphatic rings. The Hall–Kier alpha value is -1.84. The fourth-order valence-corrected chi connectivity index (χ4v) is 2.72. The smallest absolute Gasteiger partial charge is 0.326 e. The van der Waals surface area contributed by atoms with Crippen molar-refractivity contribution in [3.05, 3.63) is 35.9 Å². The van der Waals surface area contributed by atoms with Crippen LogP contribution in [0.5, 0.6) is 0 Å². The first-order valence-corrected chi connectivity index (χ1v) is 7.24. The number of aliphatic carboxylic acids is 1. The molecule has 1 saturated heterocycles. The van der Waals surface area contributed by atoms with Crippen LogP contribution in [0.1, 0.15) is 37.7 Å². The number of carboxylic acid groups (broad SMARTS) is 1. The Morgan fingerprint density at radius 3 is 2.65 bits per heavy atom. The predicted molar refractivity (Wildman–Crippen MR) is 76.4 cm³/mol. The van der Waals surface area contributed by atoms with E-state index < -0.39 is 12.0 Å². The Morgan fingerprint density at radius 2 is 1.95 bits per heavy atom. The van der Waals surface area contributed by atoms with Crippen LogP contribution in [-0.2, 0) is 16.0 Å². The maximum Gasteiger partial charge on any atom is 0.326 e. The number of likely N-dealkylation sites (tertiary alicyclic amines) is 1. The minimum absolute atomic E-state index is 0.0203. The van der Waals surface area contributed by atoms with Crippen molar-refractivity contribution < 1.29 is 14.7 Å². The van der Waals surface area contributed by atoms with Crippen LogP contribution >= 0.6 is 0 Å². The molecule has 0 radical (unpaired) electrons. The van der Waals surface area contributed by atoms with Crippen LogP contribution < -0.4 is 0 Å². The average Bonchev–Trinajstić information content (AvgIpc) is 2.48. The monoisotopic (exact) mass is 275 g/mol. The minimum atomic E-state index is -0.874. The lowest BCUT2D eigenvalue weighted by atomic mass is 10.0. The molecular formula is C16H21NO3. The number of carboxylic acids is 1. The van der Waals surface area contributed by atoms with Gasteiger partial charge in [-0.25, -0.2) is 4.79 Å². The highest BCUT2D eigenvalue weighted by molar-refractivity contribution is 5.83. The van der Waals surface area contributed by atoms with E-state index in [4.69, 9.17) is 5.11 Å². The number of benzene rings is 1. The van der Waals surface area contributed by atoms with Gasteiger partial charge < -0.3 is 10.0 Å². The zero-order valence-electron chi connectivity index (χ0n) is 11.6. The lowest BCUT2D eigenvalue weighted by molar-refractivity contribution is -0.152. The summed E-state index contributed by atoms with van der Waals surface area (Å²) in [5, 5.41) is 9.17. The van der Waals surface area contributed by atoms with Crippen LogP contribution in [0, 0.1) is 0 Å². The number of rotatable bonds is 5. The van der Waals surface area contributed by atoms with Crippen LogP contribution in [-0.4, -0.2) is 34.5 Å². The minimum Gasteiger partial charge on any atom is -0.480 e. The zero-order valence-corrected chi connectivity index (χ0v) is 11.6. The van der Waals surface area contributed by atoms with Gasteiger partial charge in [0.25, 0.3) is 0 Å². The van der Waals surface area contributed by atoms with Gasteiger partial charge in [-0.1, -0.05) is 30.3 Å². The fourth-order valence-electron chi connectivity index (χ4n) is 2.72. The van der Waals surface area contributed by atoms with Gasteiger partial charge in [-0.2, -0.15) is 0 Å². The van der Waals surface area contributed by atoms with Gasteiger partial charge in [-0.05, 0) is 37.7 Å². The van der Waals surface area contributed by atoms with Gasteiger partial charge in [-0.15, -0.1) is 0 Å².